The van der Waals surface area contributed by atoms with Crippen molar-refractivity contribution in [3.63, 3.8) is 0 Å². The van der Waals surface area contributed by atoms with Gasteiger partial charge in [-0.25, -0.2) is 18.7 Å². The molecule has 18 heavy (non-hydrogen) atoms. The van der Waals surface area contributed by atoms with E-state index in [0.29, 0.717) is 25.9 Å². The van der Waals surface area contributed by atoms with Crippen molar-refractivity contribution < 1.29 is 8.78 Å². The van der Waals surface area contributed by atoms with Gasteiger partial charge in [0.05, 0.1) is 9.26 Å². The van der Waals surface area contributed by atoms with Crippen LogP contribution in [-0.2, 0) is 0 Å². The molecule has 1 N–H and O–H groups in total. The van der Waals surface area contributed by atoms with Gasteiger partial charge in [-0.3, -0.25) is 0 Å². The summed E-state index contributed by atoms with van der Waals surface area (Å²) in [7, 11) is 0.822. The molecule has 0 atom stereocenters. The summed E-state index contributed by atoms with van der Waals surface area (Å²) in [4.78, 5) is 11.8. The third-order valence-electron chi connectivity index (χ3n) is 1.93. The van der Waals surface area contributed by atoms with Crippen molar-refractivity contribution in [2.24, 2.45) is 0 Å². The second-order valence-corrected chi connectivity index (χ2v) is 5.86. The van der Waals surface area contributed by atoms with Crippen LogP contribution in [0, 0.1) is 3.57 Å². The fourth-order valence-corrected chi connectivity index (χ4v) is 2.94. The Morgan fingerprint density at radius 1 is 1.50 bits per heavy atom. The van der Waals surface area contributed by atoms with Gasteiger partial charge in [0, 0.05) is 4.90 Å². The molecule has 0 spiro atoms. The molecule has 94 valence electrons. The zero-order valence-electron chi connectivity index (χ0n) is 9.02. The summed E-state index contributed by atoms with van der Waals surface area (Å²) in [6.07, 6.45) is 0. The fraction of sp³-hybridized carbons (Fsp3) is 0.125. The van der Waals surface area contributed by atoms with Gasteiger partial charge in [-0.15, -0.1) is 0 Å². The lowest BCUT2D eigenvalue weighted by Crippen LogP contribution is -2.17. The molecule has 1 aromatic heterocycles. The minimum absolute atomic E-state index is 0.385. The second-order valence-electron chi connectivity index (χ2n) is 3.42. The van der Waals surface area contributed by atoms with Crippen LogP contribution in [0.2, 0.25) is 0 Å². The van der Waals surface area contributed by atoms with E-state index in [0.717, 1.165) is 12.5 Å². The van der Waals surface area contributed by atoms with Crippen LogP contribution in [0.15, 0.2) is 27.9 Å². The van der Waals surface area contributed by atoms with Crippen molar-refractivity contribution in [1.82, 2.24) is 20.2 Å². The minimum Gasteiger partial charge on any atom is -0.244 e. The van der Waals surface area contributed by atoms with Gasteiger partial charge in [-0.1, -0.05) is 17.8 Å². The van der Waals surface area contributed by atoms with E-state index in [-0.39, 0.29) is 0 Å². The van der Waals surface area contributed by atoms with Gasteiger partial charge in [0.25, 0.3) is 5.15 Å². The molecular weight excluding hydrogens is 376 g/mol. The number of nitrogens with zero attached hydrogens (tertiary/aromatic N) is 3. The smallest absolute Gasteiger partial charge is 0.244 e. The lowest BCUT2D eigenvalue weighted by Gasteiger charge is -2.12. The highest BCUT2D eigenvalue weighted by molar-refractivity contribution is 14.1. The number of aromatic nitrogens is 4. The van der Waals surface area contributed by atoms with Gasteiger partial charge in [0.15, 0.2) is 0 Å². The van der Waals surface area contributed by atoms with E-state index in [4.69, 9.17) is 0 Å². The number of nitrogens with one attached hydrogen (secondary N) is 1. The van der Waals surface area contributed by atoms with Crippen LogP contribution in [0.5, 0.6) is 0 Å². The maximum Gasteiger partial charge on any atom is 0.365 e. The van der Waals surface area contributed by atoms with Gasteiger partial charge in [-0.2, -0.15) is 4.68 Å². The molecule has 1 aromatic carbocycles. The molecule has 0 aliphatic rings. The number of halogens is 3. The van der Waals surface area contributed by atoms with E-state index >= 15 is 0 Å². The van der Waals surface area contributed by atoms with Crippen molar-refractivity contribution in [2.45, 2.75) is 10.0 Å². The third kappa shape index (κ3) is 2.91. The summed E-state index contributed by atoms with van der Waals surface area (Å²) in [5.41, 5.74) is -0.0954. The summed E-state index contributed by atoms with van der Waals surface area (Å²) in [6.45, 7) is 0. The molecule has 0 radical (unpaired) electrons. The number of rotatable bonds is 3. The van der Waals surface area contributed by atoms with Gasteiger partial charge >= 0.3 is 5.69 Å². The topological polar surface area (TPSA) is 63.6 Å². The van der Waals surface area contributed by atoms with Crippen LogP contribution in [0.1, 0.15) is 0 Å². The molecule has 2 aromatic rings. The summed E-state index contributed by atoms with van der Waals surface area (Å²) in [6, 6.07) is 4.77. The maximum atomic E-state index is 13.0. The SMILES string of the molecule is BC(F)(F)Sc1cccc(-n2nn[nH]c2=O)c1I. The zero-order valence-corrected chi connectivity index (χ0v) is 12.0. The predicted molar refractivity (Wildman–Crippen MR) is 74.0 cm³/mol. The average Bonchev–Trinajstić information content (AvgIpc) is 2.66. The molecule has 0 aliphatic carbocycles. The van der Waals surface area contributed by atoms with E-state index in [1.165, 1.54) is 0 Å². The number of hydrogen-bond donors (Lipinski definition) is 1. The molecular formula is C8H6BF2IN4OS. The Kier molecular flexibility index (Phi) is 3.75. The number of aromatic amines is 1. The summed E-state index contributed by atoms with van der Waals surface area (Å²) in [5.74, 6) is 0. The lowest BCUT2D eigenvalue weighted by molar-refractivity contribution is 0.202. The Bertz CT molecular complexity index is 626. The molecule has 0 amide bonds. The van der Waals surface area contributed by atoms with Crippen LogP contribution in [-0.4, -0.2) is 33.2 Å². The van der Waals surface area contributed by atoms with Crippen molar-refractivity contribution in [3.05, 3.63) is 32.3 Å². The van der Waals surface area contributed by atoms with E-state index in [1.54, 1.807) is 18.2 Å². The number of benzene rings is 1. The highest BCUT2D eigenvalue weighted by atomic mass is 127. The first-order valence-corrected chi connectivity index (χ1v) is 6.64. The number of H-pyrrole nitrogens is 1. The Morgan fingerprint density at radius 3 is 2.78 bits per heavy atom. The molecule has 0 saturated carbocycles. The van der Waals surface area contributed by atoms with Gasteiger partial charge in [0.1, 0.15) is 0 Å². The first-order chi connectivity index (χ1) is 8.38. The standard InChI is InChI=1S/C8H6BF2IN4OS/c9-8(10,11)18-5-3-1-2-4(6(5)12)16-7(17)13-14-15-16/h1-3H,9H2,(H,13,15,17). The van der Waals surface area contributed by atoms with Crippen LogP contribution in [0.4, 0.5) is 8.78 Å². The Hall–Kier alpha value is -0.905. The third-order valence-corrected chi connectivity index (χ3v) is 4.35. The molecule has 5 nitrogen and oxygen atoms in total. The number of alkyl halides is 2. The second kappa shape index (κ2) is 5.00. The monoisotopic (exact) mass is 382 g/mol. The summed E-state index contributed by atoms with van der Waals surface area (Å²) in [5, 5.41) is 6.21. The Balaban J connectivity index is 2.49. The molecule has 0 bridgehead atoms. The van der Waals surface area contributed by atoms with Crippen LogP contribution in [0.25, 0.3) is 5.69 Å². The van der Waals surface area contributed by atoms with Crippen LogP contribution in [0.3, 0.4) is 0 Å². The first kappa shape index (κ1) is 13.5. The van der Waals surface area contributed by atoms with Crippen molar-refractivity contribution in [1.29, 1.82) is 0 Å². The molecule has 0 unspecified atom stereocenters. The quantitative estimate of drug-likeness (QED) is 0.486. The maximum absolute atomic E-state index is 13.0. The average molecular weight is 382 g/mol. The van der Waals surface area contributed by atoms with E-state index in [9.17, 15) is 13.6 Å². The molecule has 0 fully saturated rings. The Morgan fingerprint density at radius 2 is 2.22 bits per heavy atom. The molecule has 0 saturated heterocycles. The van der Waals surface area contributed by atoms with Crippen LogP contribution < -0.4 is 5.69 Å². The highest BCUT2D eigenvalue weighted by Gasteiger charge is 2.24. The minimum atomic E-state index is -2.88. The van der Waals surface area contributed by atoms with Crippen molar-refractivity contribution in [2.75, 3.05) is 0 Å². The molecule has 10 heteroatoms. The number of hydrogen-bond acceptors (Lipinski definition) is 4. The van der Waals surface area contributed by atoms with Gasteiger partial charge in [0.2, 0.25) is 7.85 Å². The van der Waals surface area contributed by atoms with E-state index in [2.05, 4.69) is 15.5 Å². The molecule has 0 aliphatic heterocycles. The zero-order chi connectivity index (χ0) is 13.3. The number of tetrazole rings is 1. The Labute approximate surface area is 119 Å². The first-order valence-electron chi connectivity index (χ1n) is 4.74. The lowest BCUT2D eigenvalue weighted by atomic mass is 10.2. The number of thioether (sulfide) groups is 1. The van der Waals surface area contributed by atoms with Crippen molar-refractivity contribution in [3.8, 4) is 5.69 Å². The highest BCUT2D eigenvalue weighted by Crippen LogP contribution is 2.37. The van der Waals surface area contributed by atoms with Crippen LogP contribution >= 0.6 is 34.4 Å². The van der Waals surface area contributed by atoms with E-state index in [1.807, 2.05) is 22.6 Å². The summed E-state index contributed by atoms with van der Waals surface area (Å²) < 4.78 is 27.5. The van der Waals surface area contributed by atoms with Gasteiger partial charge in [-0.05, 0) is 45.2 Å². The molecule has 2 rings (SSSR count). The molecule has 1 heterocycles. The fourth-order valence-electron chi connectivity index (χ4n) is 1.29. The van der Waals surface area contributed by atoms with Gasteiger partial charge < -0.3 is 0 Å². The normalized spacial score (nSPS) is 11.7. The predicted octanol–water partition coefficient (Wildman–Crippen LogP) is 0.836. The van der Waals surface area contributed by atoms with Crippen molar-refractivity contribution >= 4 is 42.2 Å². The summed E-state index contributed by atoms with van der Waals surface area (Å²) >= 11 is 2.33. The largest absolute Gasteiger partial charge is 0.365 e. The van der Waals surface area contributed by atoms with E-state index < -0.39 is 10.8 Å².